The van der Waals surface area contributed by atoms with Crippen molar-refractivity contribution in [3.8, 4) is 0 Å². The van der Waals surface area contributed by atoms with Crippen LogP contribution in [0.25, 0.3) is 6.08 Å². The fourth-order valence-corrected chi connectivity index (χ4v) is 1.28. The van der Waals surface area contributed by atoms with Gasteiger partial charge in [0, 0.05) is 17.3 Å². The Morgan fingerprint density at radius 2 is 2.22 bits per heavy atom. The Hall–Kier alpha value is -1.79. The molecule has 0 unspecified atom stereocenters. The van der Waals surface area contributed by atoms with Crippen LogP contribution in [0.1, 0.15) is 19.4 Å². The molecule has 4 nitrogen and oxygen atoms in total. The first-order valence-corrected chi connectivity index (χ1v) is 5.26. The number of hydrogen-bond acceptors (Lipinski definition) is 3. The van der Waals surface area contributed by atoms with Gasteiger partial charge in [0.25, 0.3) is 0 Å². The van der Waals surface area contributed by atoms with Crippen molar-refractivity contribution >= 4 is 12.0 Å². The number of hydrogen-bond donors (Lipinski definition) is 0. The second kappa shape index (κ2) is 5.70. The van der Waals surface area contributed by atoms with Gasteiger partial charge in [0.15, 0.2) is 0 Å². The molecule has 0 radical (unpaired) electrons. The van der Waals surface area contributed by atoms with Crippen LogP contribution in [-0.2, 0) is 16.1 Å². The van der Waals surface area contributed by atoms with E-state index < -0.39 is 18.7 Å². The number of rotatable bonds is 4. The van der Waals surface area contributed by atoms with Crippen LogP contribution >= 0.6 is 0 Å². The molecular weight excluding hydrogens is 249 g/mol. The van der Waals surface area contributed by atoms with Crippen LogP contribution in [0.5, 0.6) is 0 Å². The highest BCUT2D eigenvalue weighted by Gasteiger charge is 2.28. The van der Waals surface area contributed by atoms with Gasteiger partial charge in [-0.1, -0.05) is 0 Å². The second-order valence-electron chi connectivity index (χ2n) is 3.63. The van der Waals surface area contributed by atoms with E-state index in [1.165, 1.54) is 25.4 Å². The molecule has 0 fully saturated rings. The van der Waals surface area contributed by atoms with Crippen LogP contribution in [0, 0.1) is 0 Å². The van der Waals surface area contributed by atoms with E-state index >= 15 is 0 Å². The Balaban J connectivity index is 2.74. The first-order chi connectivity index (χ1) is 8.31. The smallest absolute Gasteiger partial charge is 0.408 e. The Labute approximate surface area is 102 Å². The summed E-state index contributed by atoms with van der Waals surface area (Å²) in [5.41, 5.74) is 0.730. The van der Waals surface area contributed by atoms with Crippen molar-refractivity contribution in [1.82, 2.24) is 9.78 Å². The Kier molecular flexibility index (Phi) is 4.52. The third kappa shape index (κ3) is 4.60. The van der Waals surface area contributed by atoms with Gasteiger partial charge in [-0.25, -0.2) is 4.79 Å². The number of carbonyl (C=O) groups is 1. The molecule has 0 amide bonds. The predicted octanol–water partition coefficient (Wildman–Crippen LogP) is 2.41. The van der Waals surface area contributed by atoms with Crippen LogP contribution in [0.2, 0.25) is 0 Å². The summed E-state index contributed by atoms with van der Waals surface area (Å²) >= 11 is 0. The highest BCUT2D eigenvalue weighted by molar-refractivity contribution is 5.92. The average Bonchev–Trinajstić information content (AvgIpc) is 2.63. The SMILES string of the molecule is CCOC(=O)/C(C)=C/c1cnn(CC(F)(F)F)c1. The van der Waals surface area contributed by atoms with Gasteiger partial charge in [0.1, 0.15) is 6.54 Å². The number of ether oxygens (including phenoxy) is 1. The van der Waals surface area contributed by atoms with E-state index in [0.29, 0.717) is 11.1 Å². The Morgan fingerprint density at radius 1 is 1.56 bits per heavy atom. The number of nitrogens with zero attached hydrogens (tertiary/aromatic N) is 2. The van der Waals surface area contributed by atoms with Gasteiger partial charge in [-0.2, -0.15) is 18.3 Å². The van der Waals surface area contributed by atoms with E-state index in [1.54, 1.807) is 6.92 Å². The highest BCUT2D eigenvalue weighted by atomic mass is 19.4. The van der Waals surface area contributed by atoms with E-state index in [9.17, 15) is 18.0 Å². The van der Waals surface area contributed by atoms with E-state index in [4.69, 9.17) is 4.74 Å². The maximum Gasteiger partial charge on any atom is 0.408 e. The summed E-state index contributed by atoms with van der Waals surface area (Å²) in [5.74, 6) is -0.499. The van der Waals surface area contributed by atoms with Gasteiger partial charge in [-0.15, -0.1) is 0 Å². The molecule has 100 valence electrons. The summed E-state index contributed by atoms with van der Waals surface area (Å²) in [6, 6.07) is 0. The summed E-state index contributed by atoms with van der Waals surface area (Å²) in [5, 5.41) is 3.56. The number of esters is 1. The van der Waals surface area contributed by atoms with E-state index in [2.05, 4.69) is 5.10 Å². The molecule has 0 saturated heterocycles. The van der Waals surface area contributed by atoms with Crippen LogP contribution in [-0.4, -0.2) is 28.5 Å². The monoisotopic (exact) mass is 262 g/mol. The lowest BCUT2D eigenvalue weighted by atomic mass is 10.2. The van der Waals surface area contributed by atoms with Gasteiger partial charge < -0.3 is 4.74 Å². The van der Waals surface area contributed by atoms with E-state index in [-0.39, 0.29) is 6.61 Å². The summed E-state index contributed by atoms with van der Waals surface area (Å²) in [4.78, 5) is 11.3. The molecule has 0 aliphatic carbocycles. The standard InChI is InChI=1S/C11H13F3N2O2/c1-3-18-10(17)8(2)4-9-5-15-16(6-9)7-11(12,13)14/h4-6H,3,7H2,1-2H3/b8-4+. The largest absolute Gasteiger partial charge is 0.463 e. The summed E-state index contributed by atoms with van der Waals surface area (Å²) in [6.07, 6.45) is -0.411. The first kappa shape index (κ1) is 14.3. The molecule has 7 heteroatoms. The van der Waals surface area contributed by atoms with E-state index in [1.807, 2.05) is 0 Å². The molecule has 1 aromatic rings. The van der Waals surface area contributed by atoms with Crippen molar-refractivity contribution in [1.29, 1.82) is 0 Å². The topological polar surface area (TPSA) is 44.1 Å². The second-order valence-corrected chi connectivity index (χ2v) is 3.63. The quantitative estimate of drug-likeness (QED) is 0.618. The molecule has 1 heterocycles. The van der Waals surface area contributed by atoms with Crippen molar-refractivity contribution in [2.24, 2.45) is 0 Å². The lowest BCUT2D eigenvalue weighted by Gasteiger charge is -2.04. The van der Waals surface area contributed by atoms with Crippen molar-refractivity contribution in [2.45, 2.75) is 26.6 Å². The lowest BCUT2D eigenvalue weighted by molar-refractivity contribution is -0.142. The van der Waals surface area contributed by atoms with Crippen molar-refractivity contribution in [3.63, 3.8) is 0 Å². The zero-order chi connectivity index (χ0) is 13.8. The molecule has 0 aromatic carbocycles. The van der Waals surface area contributed by atoms with Crippen LogP contribution in [0.3, 0.4) is 0 Å². The minimum Gasteiger partial charge on any atom is -0.463 e. The maximum absolute atomic E-state index is 12.1. The van der Waals surface area contributed by atoms with Gasteiger partial charge in [-0.3, -0.25) is 4.68 Å². The zero-order valence-electron chi connectivity index (χ0n) is 9.99. The van der Waals surface area contributed by atoms with Gasteiger partial charge in [0.2, 0.25) is 0 Å². The summed E-state index contributed by atoms with van der Waals surface area (Å²) in [6.45, 7) is 2.29. The van der Waals surface area contributed by atoms with E-state index in [0.717, 1.165) is 4.68 Å². The fourth-order valence-electron chi connectivity index (χ4n) is 1.28. The molecule has 0 saturated carbocycles. The molecule has 18 heavy (non-hydrogen) atoms. The van der Waals surface area contributed by atoms with Crippen LogP contribution in [0.15, 0.2) is 18.0 Å². The third-order valence-corrected chi connectivity index (χ3v) is 1.98. The summed E-state index contributed by atoms with van der Waals surface area (Å²) in [7, 11) is 0. The van der Waals surface area contributed by atoms with Crippen LogP contribution < -0.4 is 0 Å². The number of alkyl halides is 3. The van der Waals surface area contributed by atoms with Gasteiger partial charge in [0.05, 0.1) is 12.8 Å². The molecule has 0 aliphatic rings. The molecule has 1 aromatic heterocycles. The van der Waals surface area contributed by atoms with Gasteiger partial charge >= 0.3 is 12.1 Å². The van der Waals surface area contributed by atoms with Crippen molar-refractivity contribution < 1.29 is 22.7 Å². The molecule has 0 aliphatic heterocycles. The molecule has 0 bridgehead atoms. The minimum atomic E-state index is -4.32. The molecule has 0 N–H and O–H groups in total. The predicted molar refractivity (Wildman–Crippen MR) is 58.6 cm³/mol. The van der Waals surface area contributed by atoms with Crippen LogP contribution in [0.4, 0.5) is 13.2 Å². The zero-order valence-corrected chi connectivity index (χ0v) is 9.99. The molecule has 0 atom stereocenters. The number of aromatic nitrogens is 2. The molecule has 1 rings (SSSR count). The van der Waals surface area contributed by atoms with Crippen molar-refractivity contribution in [2.75, 3.05) is 6.61 Å². The number of halogens is 3. The highest BCUT2D eigenvalue weighted by Crippen LogP contribution is 2.17. The number of carbonyl (C=O) groups excluding carboxylic acids is 1. The Bertz CT molecular complexity index is 449. The lowest BCUT2D eigenvalue weighted by Crippen LogP contribution is -2.17. The minimum absolute atomic E-state index is 0.247. The third-order valence-electron chi connectivity index (χ3n) is 1.98. The summed E-state index contributed by atoms with van der Waals surface area (Å²) < 4.78 is 41.8. The maximum atomic E-state index is 12.1. The fraction of sp³-hybridized carbons (Fsp3) is 0.455. The molecular formula is C11H13F3N2O2. The Morgan fingerprint density at radius 3 is 2.78 bits per heavy atom. The molecule has 0 spiro atoms. The first-order valence-electron chi connectivity index (χ1n) is 5.26. The van der Waals surface area contributed by atoms with Gasteiger partial charge in [-0.05, 0) is 19.9 Å². The average molecular weight is 262 g/mol. The normalized spacial score (nSPS) is 12.6. The van der Waals surface area contributed by atoms with Crippen molar-refractivity contribution in [3.05, 3.63) is 23.5 Å².